The molecule has 0 spiro atoms. The smallest absolute Gasteiger partial charge is 0.416 e. The molecule has 1 heterocycles. The van der Waals surface area contributed by atoms with Gasteiger partial charge < -0.3 is 15.0 Å². The van der Waals surface area contributed by atoms with Crippen LogP contribution in [0.3, 0.4) is 0 Å². The number of alkyl halides is 3. The van der Waals surface area contributed by atoms with Gasteiger partial charge in [-0.1, -0.05) is 26.8 Å². The van der Waals surface area contributed by atoms with Crippen molar-refractivity contribution in [2.24, 2.45) is 0 Å². The minimum absolute atomic E-state index is 0.0247. The van der Waals surface area contributed by atoms with Crippen LogP contribution in [0.25, 0.3) is 16.7 Å². The Bertz CT molecular complexity index is 1080. The molecule has 3 rings (SSSR count). The lowest BCUT2D eigenvalue weighted by Crippen LogP contribution is -2.22. The van der Waals surface area contributed by atoms with E-state index in [9.17, 15) is 28.2 Å². The number of nitrogens with zero attached hydrogens (tertiary/aromatic N) is 3. The zero-order valence-corrected chi connectivity index (χ0v) is 16.0. The maximum atomic E-state index is 12.9. The molecule has 0 atom stereocenters. The maximum absolute atomic E-state index is 12.9. The number of phenols is 1. The van der Waals surface area contributed by atoms with Gasteiger partial charge in [-0.2, -0.15) is 13.2 Å². The van der Waals surface area contributed by atoms with Crippen LogP contribution in [0.2, 0.25) is 0 Å². The van der Waals surface area contributed by atoms with Crippen molar-refractivity contribution in [1.82, 2.24) is 15.0 Å². The fourth-order valence-corrected chi connectivity index (χ4v) is 2.99. The summed E-state index contributed by atoms with van der Waals surface area (Å²) >= 11 is 0. The van der Waals surface area contributed by atoms with Gasteiger partial charge in [0.15, 0.2) is 0 Å². The number of aliphatic carboxylic acids is 1. The van der Waals surface area contributed by atoms with Crippen molar-refractivity contribution in [1.29, 1.82) is 0 Å². The first-order chi connectivity index (χ1) is 13.4. The van der Waals surface area contributed by atoms with E-state index in [0.717, 1.165) is 16.9 Å². The number of halogens is 3. The molecule has 0 unspecified atom stereocenters. The first kappa shape index (κ1) is 20.6. The van der Waals surface area contributed by atoms with Gasteiger partial charge in [0.2, 0.25) is 0 Å². The molecule has 0 fully saturated rings. The maximum Gasteiger partial charge on any atom is 0.416 e. The predicted octanol–water partition coefficient (Wildman–Crippen LogP) is 3.12. The molecule has 3 aromatic rings. The first-order valence-corrected chi connectivity index (χ1v) is 8.87. The van der Waals surface area contributed by atoms with E-state index in [1.54, 1.807) is 6.07 Å². The average molecular weight is 406 g/mol. The summed E-state index contributed by atoms with van der Waals surface area (Å²) in [5, 5.41) is 29.9. The minimum atomic E-state index is -4.51. The normalized spacial score (nSPS) is 12.5. The summed E-state index contributed by atoms with van der Waals surface area (Å²) in [5.41, 5.74) is 0.248. The molecule has 6 nitrogen and oxygen atoms in total. The zero-order valence-electron chi connectivity index (χ0n) is 16.0. The Morgan fingerprint density at radius 3 is 2.34 bits per heavy atom. The number of phenolic OH excluding ortho intramolecular Hbond substituents is 1. The van der Waals surface area contributed by atoms with Gasteiger partial charge in [0.05, 0.1) is 5.56 Å². The monoisotopic (exact) mass is 406 g/mol. The third-order valence-corrected chi connectivity index (χ3v) is 4.50. The molecule has 2 aromatic carbocycles. The highest BCUT2D eigenvalue weighted by molar-refractivity contribution is 5.75. The predicted molar refractivity (Wildman–Crippen MR) is 97.6 cm³/mol. The molecule has 154 valence electrons. The molecule has 29 heavy (non-hydrogen) atoms. The number of carboxylic acid groups (broad SMARTS) is 1. The highest BCUT2D eigenvalue weighted by Crippen LogP contribution is 2.37. The quantitative estimate of drug-likeness (QED) is 0.719. The van der Waals surface area contributed by atoms with Crippen molar-refractivity contribution in [2.45, 2.75) is 45.2 Å². The van der Waals surface area contributed by atoms with E-state index in [4.69, 9.17) is 0 Å². The molecule has 1 N–H and O–H groups in total. The molecule has 0 bridgehead atoms. The van der Waals surface area contributed by atoms with Crippen LogP contribution in [0.15, 0.2) is 30.3 Å². The third kappa shape index (κ3) is 4.33. The molecular formula is C20H19F3N3O3-. The Labute approximate surface area is 164 Å². The molecule has 0 amide bonds. The van der Waals surface area contributed by atoms with E-state index in [1.165, 1.54) is 12.1 Å². The average Bonchev–Trinajstić information content (AvgIpc) is 3.01. The second-order valence-corrected chi connectivity index (χ2v) is 7.82. The van der Waals surface area contributed by atoms with Crippen molar-refractivity contribution in [3.05, 3.63) is 47.0 Å². The standard InChI is InChI=1S/C20H20F3N3O3/c1-19(2,3)13-8-11(4-7-17(27)28)9-16(18(13)29)26-24-14-6-5-12(20(21,22)23)10-15(14)25-26/h5-6,8-10,29H,4,7H2,1-3H3,(H,27,28)/p-1. The van der Waals surface area contributed by atoms with Crippen LogP contribution >= 0.6 is 0 Å². The highest BCUT2D eigenvalue weighted by atomic mass is 19.4. The Hall–Kier alpha value is -3.10. The molecule has 0 saturated heterocycles. The molecule has 0 radical (unpaired) electrons. The summed E-state index contributed by atoms with van der Waals surface area (Å²) in [6, 6.07) is 6.24. The molecule has 0 aliphatic carbocycles. The lowest BCUT2D eigenvalue weighted by Gasteiger charge is -2.23. The van der Waals surface area contributed by atoms with Gasteiger partial charge in [0.1, 0.15) is 22.5 Å². The van der Waals surface area contributed by atoms with Crippen LogP contribution in [0.1, 0.15) is 43.9 Å². The van der Waals surface area contributed by atoms with E-state index < -0.39 is 23.1 Å². The number of rotatable bonds is 4. The van der Waals surface area contributed by atoms with Gasteiger partial charge >= 0.3 is 6.18 Å². The molecule has 1 aromatic heterocycles. The van der Waals surface area contributed by atoms with Crippen LogP contribution in [-0.2, 0) is 22.8 Å². The molecule has 9 heteroatoms. The van der Waals surface area contributed by atoms with Gasteiger partial charge in [-0.05, 0) is 48.1 Å². The van der Waals surface area contributed by atoms with Crippen molar-refractivity contribution in [3.63, 3.8) is 0 Å². The number of aromatic hydroxyl groups is 1. The summed E-state index contributed by atoms with van der Waals surface area (Å²) in [6.45, 7) is 5.62. The first-order valence-electron chi connectivity index (χ1n) is 8.87. The van der Waals surface area contributed by atoms with Gasteiger partial charge in [-0.25, -0.2) is 0 Å². The minimum Gasteiger partial charge on any atom is -0.550 e. The van der Waals surface area contributed by atoms with Crippen LogP contribution in [0.4, 0.5) is 13.2 Å². The number of carboxylic acids is 1. The van der Waals surface area contributed by atoms with Crippen LogP contribution in [0.5, 0.6) is 5.75 Å². The van der Waals surface area contributed by atoms with E-state index >= 15 is 0 Å². The number of benzene rings is 2. The van der Waals surface area contributed by atoms with Gasteiger partial charge in [0.25, 0.3) is 0 Å². The van der Waals surface area contributed by atoms with Gasteiger partial charge in [0, 0.05) is 11.5 Å². The lowest BCUT2D eigenvalue weighted by molar-refractivity contribution is -0.305. The van der Waals surface area contributed by atoms with Crippen molar-refractivity contribution < 1.29 is 28.2 Å². The number of carbonyl (C=O) groups excluding carboxylic acids is 1. The van der Waals surface area contributed by atoms with Crippen LogP contribution in [0, 0.1) is 0 Å². The third-order valence-electron chi connectivity index (χ3n) is 4.50. The van der Waals surface area contributed by atoms with Crippen LogP contribution in [-0.4, -0.2) is 26.1 Å². The van der Waals surface area contributed by atoms with Crippen molar-refractivity contribution >= 4 is 17.0 Å². The number of fused-ring (bicyclic) bond motifs is 1. The Morgan fingerprint density at radius 1 is 1.10 bits per heavy atom. The van der Waals surface area contributed by atoms with E-state index in [1.807, 2.05) is 20.8 Å². The second-order valence-electron chi connectivity index (χ2n) is 7.82. The Balaban J connectivity index is 2.15. The summed E-state index contributed by atoms with van der Waals surface area (Å²) in [4.78, 5) is 11.9. The summed E-state index contributed by atoms with van der Waals surface area (Å²) in [7, 11) is 0. The molecular weight excluding hydrogens is 387 g/mol. The van der Waals surface area contributed by atoms with E-state index in [2.05, 4.69) is 10.2 Å². The molecule has 0 saturated carbocycles. The van der Waals surface area contributed by atoms with E-state index in [0.29, 0.717) is 11.1 Å². The number of hydrogen-bond acceptors (Lipinski definition) is 5. The SMILES string of the molecule is CC(C)(C)c1cc(CCC(=O)[O-])cc(-n2nc3ccc(C(F)(F)F)cc3n2)c1O. The molecule has 0 aliphatic rings. The second kappa shape index (κ2) is 7.06. The van der Waals surface area contributed by atoms with Gasteiger partial charge in [-0.15, -0.1) is 15.0 Å². The molecule has 0 aliphatic heterocycles. The zero-order chi connectivity index (χ0) is 21.6. The number of hydrogen-bond donors (Lipinski definition) is 1. The van der Waals surface area contributed by atoms with Crippen LogP contribution < -0.4 is 5.11 Å². The number of carbonyl (C=O) groups is 1. The van der Waals surface area contributed by atoms with E-state index in [-0.39, 0.29) is 35.3 Å². The van der Waals surface area contributed by atoms with Crippen molar-refractivity contribution in [3.8, 4) is 11.4 Å². The highest BCUT2D eigenvalue weighted by Gasteiger charge is 2.31. The lowest BCUT2D eigenvalue weighted by atomic mass is 9.84. The number of aryl methyl sites for hydroxylation is 1. The fourth-order valence-electron chi connectivity index (χ4n) is 2.99. The fraction of sp³-hybridized carbons (Fsp3) is 0.350. The topological polar surface area (TPSA) is 91.1 Å². The number of aromatic nitrogens is 3. The Kier molecular flexibility index (Phi) is 5.02. The van der Waals surface area contributed by atoms with Gasteiger partial charge in [-0.3, -0.25) is 0 Å². The summed E-state index contributed by atoms with van der Waals surface area (Å²) in [6.07, 6.45) is -4.56. The largest absolute Gasteiger partial charge is 0.550 e. The summed E-state index contributed by atoms with van der Waals surface area (Å²) in [5.74, 6) is -1.33. The summed E-state index contributed by atoms with van der Waals surface area (Å²) < 4.78 is 38.8. The Morgan fingerprint density at radius 2 is 1.76 bits per heavy atom. The van der Waals surface area contributed by atoms with Crippen molar-refractivity contribution in [2.75, 3.05) is 0 Å².